The molecule has 0 bridgehead atoms. The van der Waals surface area contributed by atoms with Crippen LogP contribution in [0.25, 0.3) is 0 Å². The van der Waals surface area contributed by atoms with Gasteiger partial charge in [0.25, 0.3) is 0 Å². The van der Waals surface area contributed by atoms with E-state index in [0.29, 0.717) is 0 Å². The maximum absolute atomic E-state index is 11.1. The average Bonchev–Trinajstić information content (AvgIpc) is 2.20. The average molecular weight is 226 g/mol. The summed E-state index contributed by atoms with van der Waals surface area (Å²) in [6.45, 7) is 5.53. The lowest BCUT2D eigenvalue weighted by Gasteiger charge is -2.10. The van der Waals surface area contributed by atoms with Gasteiger partial charge in [0.2, 0.25) is 0 Å². The fraction of sp³-hybridized carbons (Fsp3) is 0.545. The number of pyridine rings is 1. The molecule has 1 rings (SSSR count). The van der Waals surface area contributed by atoms with Crippen LogP contribution in [-0.2, 0) is 17.3 Å². The summed E-state index contributed by atoms with van der Waals surface area (Å²) in [5.41, 5.74) is 2.25. The fourth-order valence-corrected chi connectivity index (χ4v) is 1.57. The van der Waals surface area contributed by atoms with Gasteiger partial charge in [0, 0.05) is 41.6 Å². The van der Waals surface area contributed by atoms with Gasteiger partial charge in [-0.05, 0) is 25.5 Å². The zero-order valence-corrected chi connectivity index (χ0v) is 10.3. The van der Waals surface area contributed by atoms with E-state index in [1.807, 2.05) is 26.0 Å². The summed E-state index contributed by atoms with van der Waals surface area (Å²) in [6, 6.07) is 3.98. The zero-order valence-electron chi connectivity index (χ0n) is 9.49. The minimum absolute atomic E-state index is 0.189. The Labute approximate surface area is 93.8 Å². The van der Waals surface area contributed by atoms with Gasteiger partial charge < -0.3 is 5.32 Å². The molecule has 1 aromatic rings. The minimum Gasteiger partial charge on any atom is -0.310 e. The second-order valence-electron chi connectivity index (χ2n) is 3.71. The molecule has 0 aromatic carbocycles. The molecule has 2 atom stereocenters. The molecule has 0 saturated carbocycles. The maximum Gasteiger partial charge on any atom is 0.0570 e. The number of hydrogen-bond acceptors (Lipinski definition) is 3. The highest BCUT2D eigenvalue weighted by Crippen LogP contribution is 2.02. The van der Waals surface area contributed by atoms with Crippen molar-refractivity contribution in [3.8, 4) is 0 Å². The Bertz CT molecular complexity index is 341. The van der Waals surface area contributed by atoms with Gasteiger partial charge in [-0.15, -0.1) is 0 Å². The van der Waals surface area contributed by atoms with Gasteiger partial charge in [-0.2, -0.15) is 0 Å². The highest BCUT2D eigenvalue weighted by Gasteiger charge is 2.05. The molecule has 2 unspecified atom stereocenters. The second kappa shape index (κ2) is 5.98. The van der Waals surface area contributed by atoms with E-state index in [1.165, 1.54) is 5.56 Å². The number of rotatable bonds is 5. The number of aryl methyl sites for hydroxylation is 1. The van der Waals surface area contributed by atoms with Crippen LogP contribution in [0.5, 0.6) is 0 Å². The van der Waals surface area contributed by atoms with Crippen molar-refractivity contribution in [3.05, 3.63) is 29.6 Å². The van der Waals surface area contributed by atoms with Crippen molar-refractivity contribution in [1.29, 1.82) is 0 Å². The molecule has 0 aliphatic heterocycles. The first-order valence-corrected chi connectivity index (χ1v) is 6.67. The summed E-state index contributed by atoms with van der Waals surface area (Å²) >= 11 is 0. The van der Waals surface area contributed by atoms with Crippen molar-refractivity contribution < 1.29 is 4.21 Å². The predicted octanol–water partition coefficient (Wildman–Crippen LogP) is 1.25. The first-order valence-electron chi connectivity index (χ1n) is 5.04. The summed E-state index contributed by atoms with van der Waals surface area (Å²) in [5.74, 6) is 0. The first kappa shape index (κ1) is 12.3. The summed E-state index contributed by atoms with van der Waals surface area (Å²) in [5, 5.41) is 3.46. The van der Waals surface area contributed by atoms with Gasteiger partial charge in [0.1, 0.15) is 0 Å². The van der Waals surface area contributed by atoms with Crippen LogP contribution in [0.4, 0.5) is 0 Å². The van der Waals surface area contributed by atoms with E-state index < -0.39 is 10.8 Å². The van der Waals surface area contributed by atoms with Crippen LogP contribution in [0.3, 0.4) is 0 Å². The molecule has 0 aliphatic rings. The monoisotopic (exact) mass is 226 g/mol. The maximum atomic E-state index is 11.1. The number of nitrogens with zero attached hydrogens (tertiary/aromatic N) is 1. The normalized spacial score (nSPS) is 14.9. The highest BCUT2D eigenvalue weighted by atomic mass is 32.2. The quantitative estimate of drug-likeness (QED) is 0.821. The van der Waals surface area contributed by atoms with Crippen LogP contribution >= 0.6 is 0 Å². The third-order valence-electron chi connectivity index (χ3n) is 2.41. The third kappa shape index (κ3) is 4.10. The van der Waals surface area contributed by atoms with E-state index in [-0.39, 0.29) is 5.25 Å². The van der Waals surface area contributed by atoms with Crippen molar-refractivity contribution >= 4 is 10.8 Å². The van der Waals surface area contributed by atoms with Crippen molar-refractivity contribution in [2.45, 2.75) is 25.6 Å². The molecule has 3 nitrogen and oxygen atoms in total. The Morgan fingerprint density at radius 1 is 1.60 bits per heavy atom. The lowest BCUT2D eigenvalue weighted by molar-refractivity contribution is 0.640. The molecule has 0 saturated heterocycles. The van der Waals surface area contributed by atoms with E-state index in [4.69, 9.17) is 0 Å². The first-order chi connectivity index (χ1) is 7.11. The summed E-state index contributed by atoms with van der Waals surface area (Å²) < 4.78 is 11.1. The smallest absolute Gasteiger partial charge is 0.0570 e. The topological polar surface area (TPSA) is 42.0 Å². The van der Waals surface area contributed by atoms with Crippen LogP contribution in [-0.4, -0.2) is 27.2 Å². The lowest BCUT2D eigenvalue weighted by atomic mass is 10.2. The molecular weight excluding hydrogens is 208 g/mol. The highest BCUT2D eigenvalue weighted by molar-refractivity contribution is 7.84. The predicted molar refractivity (Wildman–Crippen MR) is 64.2 cm³/mol. The molecule has 0 fully saturated rings. The largest absolute Gasteiger partial charge is 0.310 e. The van der Waals surface area contributed by atoms with Crippen LogP contribution in [0, 0.1) is 6.92 Å². The molecule has 0 amide bonds. The molecule has 4 heteroatoms. The Morgan fingerprint density at radius 2 is 2.33 bits per heavy atom. The van der Waals surface area contributed by atoms with Gasteiger partial charge in [-0.25, -0.2) is 0 Å². The van der Waals surface area contributed by atoms with Crippen molar-refractivity contribution in [1.82, 2.24) is 10.3 Å². The Hall–Kier alpha value is -0.740. The molecule has 1 heterocycles. The number of aromatic nitrogens is 1. The van der Waals surface area contributed by atoms with Gasteiger partial charge in [0.15, 0.2) is 0 Å². The number of nitrogens with one attached hydrogen (secondary N) is 1. The van der Waals surface area contributed by atoms with Crippen LogP contribution < -0.4 is 5.32 Å². The van der Waals surface area contributed by atoms with Crippen LogP contribution in [0.15, 0.2) is 18.3 Å². The molecule has 1 N–H and O–H groups in total. The molecule has 0 spiro atoms. The Kier molecular flexibility index (Phi) is 4.91. The Balaban J connectivity index is 2.38. The van der Waals surface area contributed by atoms with Crippen LogP contribution in [0.1, 0.15) is 18.2 Å². The van der Waals surface area contributed by atoms with E-state index in [2.05, 4.69) is 10.3 Å². The van der Waals surface area contributed by atoms with E-state index >= 15 is 0 Å². The minimum atomic E-state index is -0.756. The van der Waals surface area contributed by atoms with E-state index in [1.54, 1.807) is 12.5 Å². The van der Waals surface area contributed by atoms with E-state index in [0.717, 1.165) is 18.8 Å². The Morgan fingerprint density at radius 3 is 2.93 bits per heavy atom. The van der Waals surface area contributed by atoms with E-state index in [9.17, 15) is 4.21 Å². The third-order valence-corrected chi connectivity index (χ3v) is 3.71. The second-order valence-corrected chi connectivity index (χ2v) is 5.51. The lowest BCUT2D eigenvalue weighted by Crippen LogP contribution is -2.27. The van der Waals surface area contributed by atoms with Gasteiger partial charge in [0.05, 0.1) is 5.69 Å². The summed E-state index contributed by atoms with van der Waals surface area (Å²) in [6.07, 6.45) is 3.53. The molecule has 84 valence electrons. The molecule has 15 heavy (non-hydrogen) atoms. The molecule has 0 aliphatic carbocycles. The summed E-state index contributed by atoms with van der Waals surface area (Å²) in [7, 11) is -0.756. The zero-order chi connectivity index (χ0) is 11.3. The number of hydrogen-bond donors (Lipinski definition) is 1. The van der Waals surface area contributed by atoms with Crippen LogP contribution in [0.2, 0.25) is 0 Å². The van der Waals surface area contributed by atoms with Gasteiger partial charge in [-0.1, -0.05) is 6.07 Å². The van der Waals surface area contributed by atoms with Crippen molar-refractivity contribution in [2.75, 3.05) is 12.8 Å². The standard InChI is InChI=1S/C11H18N2OS/c1-9-5-4-6-13-11(9)8-12-7-10(2)15(3)14/h4-6,10,12H,7-8H2,1-3H3. The summed E-state index contributed by atoms with van der Waals surface area (Å²) in [4.78, 5) is 4.28. The van der Waals surface area contributed by atoms with Gasteiger partial charge >= 0.3 is 0 Å². The van der Waals surface area contributed by atoms with Gasteiger partial charge in [-0.3, -0.25) is 9.19 Å². The SMILES string of the molecule is Cc1cccnc1CNCC(C)S(C)=O. The molecular formula is C11H18N2OS. The van der Waals surface area contributed by atoms with Crippen molar-refractivity contribution in [2.24, 2.45) is 0 Å². The molecule has 0 radical (unpaired) electrons. The molecule has 1 aromatic heterocycles. The fourth-order valence-electron chi connectivity index (χ4n) is 1.21. The van der Waals surface area contributed by atoms with Crippen molar-refractivity contribution in [3.63, 3.8) is 0 Å².